The Labute approximate surface area is 135 Å². The van der Waals surface area contributed by atoms with E-state index in [1.807, 2.05) is 35.8 Å². The van der Waals surface area contributed by atoms with Gasteiger partial charge in [-0.15, -0.1) is 11.3 Å². The minimum atomic E-state index is 0.228. The van der Waals surface area contributed by atoms with Crippen LogP contribution < -0.4 is 0 Å². The third-order valence-corrected chi connectivity index (χ3v) is 5.20. The average molecular weight is 318 g/mol. The Morgan fingerprint density at radius 3 is 3.00 bits per heavy atom. The molecule has 1 aliphatic heterocycles. The van der Waals surface area contributed by atoms with Gasteiger partial charge < -0.3 is 4.90 Å². The predicted molar refractivity (Wildman–Crippen MR) is 87.0 cm³/mol. The van der Waals surface area contributed by atoms with Gasteiger partial charge in [-0.1, -0.05) is 0 Å². The number of likely N-dealkylation sites (tertiary alicyclic amines) is 1. The smallest absolute Gasteiger partial charge is 0.224 e. The number of piperidine rings is 1. The quantitative estimate of drug-likeness (QED) is 0.871. The van der Waals surface area contributed by atoms with Crippen molar-refractivity contribution in [3.63, 3.8) is 0 Å². The zero-order valence-electron chi connectivity index (χ0n) is 13.2. The molecule has 1 atom stereocenters. The molecule has 3 heterocycles. The molecule has 1 amide bonds. The predicted octanol–water partition coefficient (Wildman–Crippen LogP) is 2.75. The van der Waals surface area contributed by atoms with E-state index in [1.165, 1.54) is 5.01 Å². The number of nitrogens with zero attached hydrogens (tertiary/aromatic N) is 4. The van der Waals surface area contributed by atoms with Crippen LogP contribution in [0.25, 0.3) is 0 Å². The van der Waals surface area contributed by atoms with E-state index < -0.39 is 0 Å². The molecule has 5 nitrogen and oxygen atoms in total. The van der Waals surface area contributed by atoms with Crippen LogP contribution >= 0.6 is 11.3 Å². The van der Waals surface area contributed by atoms with Crippen molar-refractivity contribution in [3.8, 4) is 0 Å². The van der Waals surface area contributed by atoms with Gasteiger partial charge >= 0.3 is 0 Å². The summed E-state index contributed by atoms with van der Waals surface area (Å²) in [7, 11) is 0. The molecule has 0 N–H and O–H groups in total. The second-order valence-corrected chi connectivity index (χ2v) is 6.93. The summed E-state index contributed by atoms with van der Waals surface area (Å²) in [5.74, 6) is 0.634. The van der Waals surface area contributed by atoms with E-state index in [4.69, 9.17) is 0 Å². The molecule has 1 fully saturated rings. The van der Waals surface area contributed by atoms with Crippen molar-refractivity contribution in [1.82, 2.24) is 19.7 Å². The lowest BCUT2D eigenvalue weighted by atomic mass is 9.98. The van der Waals surface area contributed by atoms with E-state index in [-0.39, 0.29) is 5.91 Å². The van der Waals surface area contributed by atoms with E-state index in [2.05, 4.69) is 15.5 Å². The van der Waals surface area contributed by atoms with Gasteiger partial charge in [0.15, 0.2) is 0 Å². The topological polar surface area (TPSA) is 51.0 Å². The van der Waals surface area contributed by atoms with Crippen molar-refractivity contribution in [2.75, 3.05) is 13.1 Å². The van der Waals surface area contributed by atoms with Crippen molar-refractivity contribution >= 4 is 17.2 Å². The standard InChI is InChI=1S/C16H22N4OS/c1-12-8-17-20(9-12)7-5-15(21)19-6-3-4-14(10-19)16-18-13(2)11-22-16/h8-9,11,14H,3-7,10H2,1-2H3/t14-/m1/s1. The van der Waals surface area contributed by atoms with Crippen LogP contribution in [-0.2, 0) is 11.3 Å². The minimum absolute atomic E-state index is 0.228. The Kier molecular flexibility index (Phi) is 4.57. The molecule has 1 saturated heterocycles. The highest BCUT2D eigenvalue weighted by Gasteiger charge is 2.26. The van der Waals surface area contributed by atoms with Gasteiger partial charge in [0.25, 0.3) is 0 Å². The molecule has 0 unspecified atom stereocenters. The molecule has 1 aliphatic rings. The molecule has 2 aromatic rings. The highest BCUT2D eigenvalue weighted by molar-refractivity contribution is 7.09. The molecule has 0 spiro atoms. The van der Waals surface area contributed by atoms with Crippen LogP contribution in [0.5, 0.6) is 0 Å². The maximum absolute atomic E-state index is 12.4. The van der Waals surface area contributed by atoms with Crippen LogP contribution in [0.2, 0.25) is 0 Å². The zero-order valence-corrected chi connectivity index (χ0v) is 14.0. The van der Waals surface area contributed by atoms with E-state index in [0.29, 0.717) is 18.9 Å². The van der Waals surface area contributed by atoms with Gasteiger partial charge in [-0.2, -0.15) is 5.10 Å². The van der Waals surface area contributed by atoms with E-state index in [0.717, 1.165) is 37.2 Å². The molecular weight excluding hydrogens is 296 g/mol. The van der Waals surface area contributed by atoms with Crippen molar-refractivity contribution in [3.05, 3.63) is 34.0 Å². The molecule has 2 aromatic heterocycles. The van der Waals surface area contributed by atoms with Crippen LogP contribution in [0.3, 0.4) is 0 Å². The summed E-state index contributed by atoms with van der Waals surface area (Å²) in [4.78, 5) is 19.0. The van der Waals surface area contributed by atoms with Crippen molar-refractivity contribution in [1.29, 1.82) is 0 Å². The fourth-order valence-corrected chi connectivity index (χ4v) is 3.85. The van der Waals surface area contributed by atoms with Gasteiger partial charge in [-0.25, -0.2) is 4.98 Å². The third kappa shape index (κ3) is 3.55. The Morgan fingerprint density at radius 2 is 2.32 bits per heavy atom. The van der Waals surface area contributed by atoms with Gasteiger partial charge in [0.1, 0.15) is 0 Å². The second-order valence-electron chi connectivity index (χ2n) is 6.04. The SMILES string of the molecule is Cc1cnn(CCC(=O)N2CCC[C@@H](c3nc(C)cs3)C2)c1. The summed E-state index contributed by atoms with van der Waals surface area (Å²) >= 11 is 1.72. The first-order valence-electron chi connectivity index (χ1n) is 7.80. The lowest BCUT2D eigenvalue weighted by Crippen LogP contribution is -2.39. The van der Waals surface area contributed by atoms with E-state index in [1.54, 1.807) is 11.3 Å². The average Bonchev–Trinajstić information content (AvgIpc) is 3.13. The third-order valence-electron chi connectivity index (χ3n) is 4.08. The molecule has 0 aromatic carbocycles. The van der Waals surface area contributed by atoms with Crippen LogP contribution in [0.1, 0.15) is 41.4 Å². The number of aromatic nitrogens is 3. The number of hydrogen-bond donors (Lipinski definition) is 0. The Bertz CT molecular complexity index is 648. The van der Waals surface area contributed by atoms with E-state index >= 15 is 0 Å². The lowest BCUT2D eigenvalue weighted by Gasteiger charge is -2.32. The zero-order chi connectivity index (χ0) is 15.5. The molecule has 0 aliphatic carbocycles. The number of thiazole rings is 1. The molecule has 0 radical (unpaired) electrons. The number of amides is 1. The number of carbonyl (C=O) groups excluding carboxylic acids is 1. The molecule has 3 rings (SSSR count). The van der Waals surface area contributed by atoms with Gasteiger partial charge in [0.05, 0.1) is 11.2 Å². The maximum atomic E-state index is 12.4. The number of hydrogen-bond acceptors (Lipinski definition) is 4. The van der Waals surface area contributed by atoms with Crippen molar-refractivity contribution in [2.45, 2.75) is 45.6 Å². The summed E-state index contributed by atoms with van der Waals surface area (Å²) in [6.45, 7) is 6.38. The highest BCUT2D eigenvalue weighted by Crippen LogP contribution is 2.29. The Morgan fingerprint density at radius 1 is 1.45 bits per heavy atom. The first kappa shape index (κ1) is 15.2. The summed E-state index contributed by atoms with van der Waals surface area (Å²) in [6.07, 6.45) is 6.52. The minimum Gasteiger partial charge on any atom is -0.342 e. The summed E-state index contributed by atoms with van der Waals surface area (Å²) in [6, 6.07) is 0. The fourth-order valence-electron chi connectivity index (χ4n) is 2.92. The largest absolute Gasteiger partial charge is 0.342 e. The van der Waals surface area contributed by atoms with Crippen LogP contribution in [-0.4, -0.2) is 38.7 Å². The molecule has 0 bridgehead atoms. The molecule has 0 saturated carbocycles. The van der Waals surface area contributed by atoms with E-state index in [9.17, 15) is 4.79 Å². The fraction of sp³-hybridized carbons (Fsp3) is 0.562. The number of carbonyl (C=O) groups is 1. The molecule has 6 heteroatoms. The molecular formula is C16H22N4OS. The van der Waals surface area contributed by atoms with Gasteiger partial charge in [0, 0.05) is 49.2 Å². The highest BCUT2D eigenvalue weighted by atomic mass is 32.1. The van der Waals surface area contributed by atoms with Gasteiger partial charge in [-0.3, -0.25) is 9.48 Å². The van der Waals surface area contributed by atoms with Crippen molar-refractivity contribution < 1.29 is 4.79 Å². The first-order chi connectivity index (χ1) is 10.6. The monoisotopic (exact) mass is 318 g/mol. The van der Waals surface area contributed by atoms with Gasteiger partial charge in [-0.05, 0) is 32.3 Å². The Balaban J connectivity index is 1.55. The summed E-state index contributed by atoms with van der Waals surface area (Å²) in [5, 5.41) is 7.51. The number of aryl methyl sites for hydroxylation is 3. The lowest BCUT2D eigenvalue weighted by molar-refractivity contribution is -0.132. The number of rotatable bonds is 4. The van der Waals surface area contributed by atoms with Crippen LogP contribution in [0.15, 0.2) is 17.8 Å². The molecule has 118 valence electrons. The van der Waals surface area contributed by atoms with Crippen LogP contribution in [0.4, 0.5) is 0 Å². The maximum Gasteiger partial charge on any atom is 0.224 e. The first-order valence-corrected chi connectivity index (χ1v) is 8.68. The second kappa shape index (κ2) is 6.60. The normalized spacial score (nSPS) is 18.6. The summed E-state index contributed by atoms with van der Waals surface area (Å²) < 4.78 is 1.85. The Hall–Kier alpha value is -1.69. The summed E-state index contributed by atoms with van der Waals surface area (Å²) in [5.41, 5.74) is 2.21. The van der Waals surface area contributed by atoms with Crippen molar-refractivity contribution in [2.24, 2.45) is 0 Å². The molecule has 22 heavy (non-hydrogen) atoms. The van der Waals surface area contributed by atoms with Crippen LogP contribution in [0, 0.1) is 13.8 Å². The van der Waals surface area contributed by atoms with Gasteiger partial charge in [0.2, 0.25) is 5.91 Å².